The summed E-state index contributed by atoms with van der Waals surface area (Å²) >= 11 is 5.46. The average Bonchev–Trinajstić information content (AvgIpc) is 2.74. The summed E-state index contributed by atoms with van der Waals surface area (Å²) < 4.78 is 0. The molecule has 3 amide bonds. The molecule has 0 aliphatic rings. The van der Waals surface area contributed by atoms with Gasteiger partial charge < -0.3 is 26.8 Å². The predicted octanol–water partition coefficient (Wildman–Crippen LogP) is -0.202. The maximum absolute atomic E-state index is 12.9. The number of benzene rings is 1. The van der Waals surface area contributed by atoms with Crippen LogP contribution in [0.4, 0.5) is 0 Å². The van der Waals surface area contributed by atoms with E-state index < -0.39 is 47.9 Å². The Labute approximate surface area is 191 Å². The molecule has 6 N–H and O–H groups in total. The van der Waals surface area contributed by atoms with Gasteiger partial charge in [-0.15, -0.1) is 0 Å². The number of carbonyl (C=O) groups is 4. The molecule has 0 saturated carbocycles. The Balaban J connectivity index is 3.03. The third kappa shape index (κ3) is 9.62. The van der Waals surface area contributed by atoms with Crippen molar-refractivity contribution in [3.05, 3.63) is 35.9 Å². The fraction of sp³-hybridized carbons (Fsp3) is 0.500. The van der Waals surface area contributed by atoms with Crippen molar-refractivity contribution in [2.45, 2.75) is 43.9 Å². The Morgan fingerprint density at radius 2 is 1.55 bits per heavy atom. The summed E-state index contributed by atoms with van der Waals surface area (Å²) in [6, 6.07) is 5.09. The molecule has 1 aromatic carbocycles. The van der Waals surface area contributed by atoms with Gasteiger partial charge in [-0.3, -0.25) is 14.4 Å². The molecule has 1 aromatic rings. The molecule has 0 spiro atoms. The van der Waals surface area contributed by atoms with Crippen LogP contribution in [0.3, 0.4) is 0 Å². The number of amides is 3. The fourth-order valence-electron chi connectivity index (χ4n) is 2.60. The zero-order chi connectivity index (χ0) is 23.4. The molecular formula is C20H30N4O5S2. The maximum Gasteiger partial charge on any atom is 0.327 e. The highest BCUT2D eigenvalue weighted by Crippen LogP contribution is 2.07. The van der Waals surface area contributed by atoms with Gasteiger partial charge in [-0.2, -0.15) is 24.4 Å². The Kier molecular flexibility index (Phi) is 12.1. The van der Waals surface area contributed by atoms with Gasteiger partial charge in [0.15, 0.2) is 0 Å². The number of thiol groups is 1. The van der Waals surface area contributed by atoms with Gasteiger partial charge in [-0.05, 0) is 30.9 Å². The normalized spacial score (nSPS) is 14.6. The van der Waals surface area contributed by atoms with Gasteiger partial charge in [0.05, 0.1) is 6.04 Å². The molecule has 0 aliphatic heterocycles. The van der Waals surface area contributed by atoms with Crippen LogP contribution in [-0.4, -0.2) is 70.7 Å². The van der Waals surface area contributed by atoms with Crippen molar-refractivity contribution in [3.63, 3.8) is 0 Å². The summed E-state index contributed by atoms with van der Waals surface area (Å²) in [6.45, 7) is 1.51. The summed E-state index contributed by atoms with van der Waals surface area (Å²) in [7, 11) is 0. The van der Waals surface area contributed by atoms with Crippen LogP contribution in [0, 0.1) is 0 Å². The SMILES string of the molecule is CSCCC(NC(=O)C(C)N)C(=O)NC(Cc1ccccc1)C(=O)NC(CS)C(=O)O. The molecule has 0 aromatic heterocycles. The van der Waals surface area contributed by atoms with E-state index >= 15 is 0 Å². The molecular weight excluding hydrogens is 440 g/mol. The van der Waals surface area contributed by atoms with Crippen LogP contribution in [0.5, 0.6) is 0 Å². The van der Waals surface area contributed by atoms with E-state index in [0.29, 0.717) is 12.2 Å². The van der Waals surface area contributed by atoms with Gasteiger partial charge in [-0.25, -0.2) is 4.79 Å². The summed E-state index contributed by atoms with van der Waals surface area (Å²) in [6.07, 6.45) is 2.37. The molecule has 11 heteroatoms. The van der Waals surface area contributed by atoms with E-state index in [4.69, 9.17) is 5.73 Å². The number of hydrogen-bond donors (Lipinski definition) is 6. The molecule has 4 unspecified atom stereocenters. The van der Waals surface area contributed by atoms with Crippen LogP contribution in [0.15, 0.2) is 30.3 Å². The van der Waals surface area contributed by atoms with E-state index in [9.17, 15) is 24.3 Å². The van der Waals surface area contributed by atoms with E-state index in [2.05, 4.69) is 28.6 Å². The average molecular weight is 471 g/mol. The highest BCUT2D eigenvalue weighted by molar-refractivity contribution is 7.98. The number of nitrogens with one attached hydrogen (secondary N) is 3. The van der Waals surface area contributed by atoms with Crippen molar-refractivity contribution in [3.8, 4) is 0 Å². The Hall–Kier alpha value is -2.24. The molecule has 1 rings (SSSR count). The summed E-state index contributed by atoms with van der Waals surface area (Å²) in [5, 5.41) is 16.8. The third-order valence-corrected chi connectivity index (χ3v) is 5.38. The van der Waals surface area contributed by atoms with Gasteiger partial charge in [0, 0.05) is 12.2 Å². The second kappa shape index (κ2) is 13.9. The van der Waals surface area contributed by atoms with Gasteiger partial charge in [0.1, 0.15) is 18.1 Å². The third-order valence-electron chi connectivity index (χ3n) is 4.37. The van der Waals surface area contributed by atoms with E-state index in [1.165, 1.54) is 18.7 Å². The lowest BCUT2D eigenvalue weighted by atomic mass is 10.0. The van der Waals surface area contributed by atoms with E-state index in [1.54, 1.807) is 24.3 Å². The van der Waals surface area contributed by atoms with Crippen molar-refractivity contribution < 1.29 is 24.3 Å². The molecule has 9 nitrogen and oxygen atoms in total. The van der Waals surface area contributed by atoms with Crippen LogP contribution < -0.4 is 21.7 Å². The molecule has 4 atom stereocenters. The second-order valence-corrected chi connectivity index (χ2v) is 8.31. The van der Waals surface area contributed by atoms with Crippen LogP contribution >= 0.6 is 24.4 Å². The monoisotopic (exact) mass is 470 g/mol. The van der Waals surface area contributed by atoms with Crippen molar-refractivity contribution in [1.29, 1.82) is 0 Å². The first-order valence-corrected chi connectivity index (χ1v) is 11.7. The maximum atomic E-state index is 12.9. The molecule has 0 bridgehead atoms. The first-order valence-electron chi connectivity index (χ1n) is 9.72. The number of carboxylic acid groups (broad SMARTS) is 1. The first kappa shape index (κ1) is 26.8. The lowest BCUT2D eigenvalue weighted by molar-refractivity contribution is -0.141. The van der Waals surface area contributed by atoms with E-state index in [-0.39, 0.29) is 12.2 Å². The molecule has 0 aliphatic carbocycles. The first-order chi connectivity index (χ1) is 14.7. The number of aliphatic carboxylic acids is 1. The van der Waals surface area contributed by atoms with Crippen molar-refractivity contribution in [2.75, 3.05) is 17.8 Å². The summed E-state index contributed by atoms with van der Waals surface area (Å²) in [5.74, 6) is -2.40. The molecule has 0 fully saturated rings. The zero-order valence-corrected chi connectivity index (χ0v) is 19.2. The number of hydrogen-bond acceptors (Lipinski definition) is 7. The summed E-state index contributed by atoms with van der Waals surface area (Å²) in [5.41, 5.74) is 6.37. The minimum absolute atomic E-state index is 0.103. The number of carbonyl (C=O) groups excluding carboxylic acids is 3. The Bertz CT molecular complexity index is 748. The van der Waals surface area contributed by atoms with E-state index in [1.807, 2.05) is 12.3 Å². The highest BCUT2D eigenvalue weighted by Gasteiger charge is 2.29. The topological polar surface area (TPSA) is 151 Å². The number of rotatable bonds is 13. The molecule has 31 heavy (non-hydrogen) atoms. The molecule has 0 heterocycles. The summed E-state index contributed by atoms with van der Waals surface area (Å²) in [4.78, 5) is 49.0. The number of thioether (sulfide) groups is 1. The smallest absolute Gasteiger partial charge is 0.327 e. The Morgan fingerprint density at radius 3 is 2.06 bits per heavy atom. The zero-order valence-electron chi connectivity index (χ0n) is 17.5. The van der Waals surface area contributed by atoms with Crippen molar-refractivity contribution >= 4 is 48.1 Å². The van der Waals surface area contributed by atoms with Crippen LogP contribution in [0.25, 0.3) is 0 Å². The highest BCUT2D eigenvalue weighted by atomic mass is 32.2. The standard InChI is InChI=1S/C20H30N4O5S2/c1-12(21)17(25)22-14(8-9-31-2)18(26)23-15(10-13-6-4-3-5-7-13)19(27)24-16(11-30)20(28)29/h3-7,12,14-16,30H,8-11,21H2,1-2H3,(H,22,25)(H,23,26)(H,24,27)(H,28,29). The largest absolute Gasteiger partial charge is 0.480 e. The molecule has 0 radical (unpaired) electrons. The van der Waals surface area contributed by atoms with E-state index in [0.717, 1.165) is 5.56 Å². The second-order valence-electron chi connectivity index (χ2n) is 6.96. The van der Waals surface area contributed by atoms with Crippen molar-refractivity contribution in [1.82, 2.24) is 16.0 Å². The quantitative estimate of drug-likeness (QED) is 0.219. The van der Waals surface area contributed by atoms with Gasteiger partial charge in [0.2, 0.25) is 17.7 Å². The minimum atomic E-state index is -1.23. The van der Waals surface area contributed by atoms with Crippen LogP contribution in [-0.2, 0) is 25.6 Å². The predicted molar refractivity (Wildman–Crippen MR) is 124 cm³/mol. The number of carboxylic acids is 1. The Morgan fingerprint density at radius 1 is 1.00 bits per heavy atom. The lowest BCUT2D eigenvalue weighted by Crippen LogP contribution is -2.57. The van der Waals surface area contributed by atoms with Gasteiger partial charge >= 0.3 is 5.97 Å². The van der Waals surface area contributed by atoms with Crippen LogP contribution in [0.2, 0.25) is 0 Å². The van der Waals surface area contributed by atoms with Crippen LogP contribution in [0.1, 0.15) is 18.9 Å². The lowest BCUT2D eigenvalue weighted by Gasteiger charge is -2.24. The van der Waals surface area contributed by atoms with Gasteiger partial charge in [0.25, 0.3) is 0 Å². The molecule has 172 valence electrons. The molecule has 0 saturated heterocycles. The fourth-order valence-corrected chi connectivity index (χ4v) is 3.32. The minimum Gasteiger partial charge on any atom is -0.480 e. The van der Waals surface area contributed by atoms with Crippen molar-refractivity contribution in [2.24, 2.45) is 5.73 Å². The van der Waals surface area contributed by atoms with Gasteiger partial charge in [-0.1, -0.05) is 30.3 Å². The number of nitrogens with two attached hydrogens (primary N) is 1.